The van der Waals surface area contributed by atoms with Crippen LogP contribution in [-0.4, -0.2) is 42.1 Å². The Balaban J connectivity index is 2.10. The van der Waals surface area contributed by atoms with E-state index in [9.17, 15) is 9.90 Å². The third-order valence-electron chi connectivity index (χ3n) is 5.51. The molecule has 2 rings (SSSR count). The first-order chi connectivity index (χ1) is 12.4. The number of aromatic hydroxyl groups is 1. The third-order valence-corrected chi connectivity index (χ3v) is 5.51. The summed E-state index contributed by atoms with van der Waals surface area (Å²) < 4.78 is 0. The number of likely N-dealkylation sites (tertiary alicyclic amines) is 1. The minimum absolute atomic E-state index is 0.132. The Morgan fingerprint density at radius 3 is 2.00 bits per heavy atom. The molecular formula is C23H38N2O2. The van der Waals surface area contributed by atoms with Crippen LogP contribution in [0.25, 0.3) is 0 Å². The van der Waals surface area contributed by atoms with E-state index in [2.05, 4.69) is 70.9 Å². The lowest BCUT2D eigenvalue weighted by Gasteiger charge is -2.29. The molecule has 4 heteroatoms. The Morgan fingerprint density at radius 1 is 1.07 bits per heavy atom. The fourth-order valence-corrected chi connectivity index (χ4v) is 3.69. The van der Waals surface area contributed by atoms with Crippen LogP contribution in [0.15, 0.2) is 12.1 Å². The first-order valence-electron chi connectivity index (χ1n) is 10.2. The first-order valence-corrected chi connectivity index (χ1v) is 10.2. The molecule has 152 valence electrons. The van der Waals surface area contributed by atoms with E-state index in [1.165, 1.54) is 0 Å². The molecule has 27 heavy (non-hydrogen) atoms. The van der Waals surface area contributed by atoms with Crippen molar-refractivity contribution < 1.29 is 9.90 Å². The van der Waals surface area contributed by atoms with Crippen LogP contribution in [0.4, 0.5) is 0 Å². The topological polar surface area (TPSA) is 52.6 Å². The van der Waals surface area contributed by atoms with Crippen molar-refractivity contribution in [1.29, 1.82) is 0 Å². The van der Waals surface area contributed by atoms with Gasteiger partial charge in [0.15, 0.2) is 0 Å². The summed E-state index contributed by atoms with van der Waals surface area (Å²) >= 11 is 0. The molecule has 0 atom stereocenters. The zero-order valence-corrected chi connectivity index (χ0v) is 18.3. The monoisotopic (exact) mass is 374 g/mol. The molecule has 0 unspecified atom stereocenters. The van der Waals surface area contributed by atoms with E-state index in [0.717, 1.165) is 42.6 Å². The molecule has 0 bridgehead atoms. The Labute approximate surface area is 165 Å². The van der Waals surface area contributed by atoms with Gasteiger partial charge in [0, 0.05) is 12.5 Å². The molecule has 0 aromatic heterocycles. The normalized spacial score (nSPS) is 17.1. The van der Waals surface area contributed by atoms with E-state index < -0.39 is 0 Å². The standard InChI is InChI=1S/C23H38N2O2/c1-22(2,3)18-14-16(15-19(21(18)27)23(4,5)6)8-9-20(26)24-17-10-12-25(7)13-11-17/h14-15,17,27H,8-13H2,1-7H3,(H,24,26). The summed E-state index contributed by atoms with van der Waals surface area (Å²) in [5, 5.41) is 14.0. The predicted molar refractivity (Wildman–Crippen MR) is 112 cm³/mol. The molecule has 0 spiro atoms. The van der Waals surface area contributed by atoms with E-state index >= 15 is 0 Å². The molecule has 2 N–H and O–H groups in total. The fraction of sp³-hybridized carbons (Fsp3) is 0.696. The van der Waals surface area contributed by atoms with Crippen LogP contribution < -0.4 is 5.32 Å². The number of phenolic OH excluding ortho intramolecular Hbond substituents is 1. The molecule has 0 aliphatic carbocycles. The molecule has 1 aromatic rings. The van der Waals surface area contributed by atoms with Gasteiger partial charge in [-0.05, 0) is 66.9 Å². The average molecular weight is 375 g/mol. The van der Waals surface area contributed by atoms with Gasteiger partial charge in [0.05, 0.1) is 0 Å². The smallest absolute Gasteiger partial charge is 0.220 e. The van der Waals surface area contributed by atoms with Crippen LogP contribution in [0.1, 0.15) is 77.5 Å². The zero-order valence-electron chi connectivity index (χ0n) is 18.3. The number of aryl methyl sites for hydroxylation is 1. The van der Waals surface area contributed by atoms with Gasteiger partial charge in [-0.15, -0.1) is 0 Å². The van der Waals surface area contributed by atoms with Crippen molar-refractivity contribution in [2.75, 3.05) is 20.1 Å². The van der Waals surface area contributed by atoms with E-state index in [1.54, 1.807) is 0 Å². The van der Waals surface area contributed by atoms with Gasteiger partial charge in [0.1, 0.15) is 5.75 Å². The molecule has 1 amide bonds. The Hall–Kier alpha value is -1.55. The second-order valence-electron chi connectivity index (χ2n) is 10.2. The lowest BCUT2D eigenvalue weighted by atomic mass is 9.78. The highest BCUT2D eigenvalue weighted by atomic mass is 16.3. The number of hydrogen-bond donors (Lipinski definition) is 2. The summed E-state index contributed by atoms with van der Waals surface area (Å²) in [4.78, 5) is 14.7. The Bertz CT molecular complexity index is 625. The van der Waals surface area contributed by atoms with E-state index in [-0.39, 0.29) is 16.7 Å². The van der Waals surface area contributed by atoms with Gasteiger partial charge in [-0.2, -0.15) is 0 Å². The van der Waals surface area contributed by atoms with Crippen LogP contribution in [-0.2, 0) is 22.0 Å². The van der Waals surface area contributed by atoms with Crippen molar-refractivity contribution in [1.82, 2.24) is 10.2 Å². The highest BCUT2D eigenvalue weighted by molar-refractivity contribution is 5.76. The molecule has 1 heterocycles. The van der Waals surface area contributed by atoms with Crippen molar-refractivity contribution >= 4 is 5.91 Å². The second kappa shape index (κ2) is 8.22. The minimum atomic E-state index is -0.142. The quantitative estimate of drug-likeness (QED) is 0.833. The van der Waals surface area contributed by atoms with Crippen molar-refractivity contribution in [3.63, 3.8) is 0 Å². The summed E-state index contributed by atoms with van der Waals surface area (Å²) in [7, 11) is 2.13. The number of nitrogens with zero attached hydrogens (tertiary/aromatic N) is 1. The first kappa shape index (κ1) is 21.7. The van der Waals surface area contributed by atoms with E-state index in [1.807, 2.05) is 0 Å². The number of rotatable bonds is 4. The summed E-state index contributed by atoms with van der Waals surface area (Å²) in [5.74, 6) is 0.529. The number of hydrogen-bond acceptors (Lipinski definition) is 3. The molecule has 1 aliphatic rings. The second-order valence-corrected chi connectivity index (χ2v) is 10.2. The lowest BCUT2D eigenvalue weighted by Crippen LogP contribution is -2.43. The average Bonchev–Trinajstić information content (AvgIpc) is 2.54. The number of nitrogens with one attached hydrogen (secondary N) is 1. The van der Waals surface area contributed by atoms with Gasteiger partial charge in [-0.3, -0.25) is 4.79 Å². The van der Waals surface area contributed by atoms with Crippen LogP contribution in [0, 0.1) is 0 Å². The molecule has 0 saturated carbocycles. The van der Waals surface area contributed by atoms with E-state index in [0.29, 0.717) is 24.6 Å². The van der Waals surface area contributed by atoms with Crippen molar-refractivity contribution in [2.45, 2.75) is 84.1 Å². The van der Waals surface area contributed by atoms with Gasteiger partial charge in [-0.1, -0.05) is 53.7 Å². The number of carbonyl (C=O) groups is 1. The lowest BCUT2D eigenvalue weighted by molar-refractivity contribution is -0.122. The molecule has 0 radical (unpaired) electrons. The van der Waals surface area contributed by atoms with Crippen molar-refractivity contribution in [3.05, 3.63) is 28.8 Å². The molecule has 1 fully saturated rings. The van der Waals surface area contributed by atoms with Crippen LogP contribution in [0.3, 0.4) is 0 Å². The van der Waals surface area contributed by atoms with Gasteiger partial charge < -0.3 is 15.3 Å². The molecule has 1 aliphatic heterocycles. The van der Waals surface area contributed by atoms with Gasteiger partial charge in [0.25, 0.3) is 0 Å². The Kier molecular flexibility index (Phi) is 6.62. The number of phenols is 1. The van der Waals surface area contributed by atoms with Crippen molar-refractivity contribution in [3.8, 4) is 5.75 Å². The van der Waals surface area contributed by atoms with E-state index in [4.69, 9.17) is 0 Å². The molecule has 1 saturated heterocycles. The van der Waals surface area contributed by atoms with Crippen molar-refractivity contribution in [2.24, 2.45) is 0 Å². The maximum atomic E-state index is 12.4. The molecule has 4 nitrogen and oxygen atoms in total. The summed E-state index contributed by atoms with van der Waals surface area (Å²) in [6, 6.07) is 4.46. The number of piperidine rings is 1. The highest BCUT2D eigenvalue weighted by Crippen LogP contribution is 2.39. The molecule has 1 aromatic carbocycles. The maximum Gasteiger partial charge on any atom is 0.220 e. The highest BCUT2D eigenvalue weighted by Gasteiger charge is 2.26. The zero-order chi connectivity index (χ0) is 20.4. The largest absolute Gasteiger partial charge is 0.507 e. The van der Waals surface area contributed by atoms with Crippen LogP contribution in [0.2, 0.25) is 0 Å². The SMILES string of the molecule is CN1CCC(NC(=O)CCc2cc(C(C)(C)C)c(O)c(C(C)(C)C)c2)CC1. The summed E-state index contributed by atoms with van der Waals surface area (Å²) in [6.45, 7) is 14.8. The number of benzene rings is 1. The molecular weight excluding hydrogens is 336 g/mol. The van der Waals surface area contributed by atoms with Gasteiger partial charge in [0.2, 0.25) is 5.91 Å². The fourth-order valence-electron chi connectivity index (χ4n) is 3.69. The van der Waals surface area contributed by atoms with Gasteiger partial charge >= 0.3 is 0 Å². The summed E-state index contributed by atoms with van der Waals surface area (Å²) in [5.41, 5.74) is 2.76. The third kappa shape index (κ3) is 5.97. The maximum absolute atomic E-state index is 12.4. The van der Waals surface area contributed by atoms with Gasteiger partial charge in [-0.25, -0.2) is 0 Å². The van der Waals surface area contributed by atoms with Crippen LogP contribution in [0.5, 0.6) is 5.75 Å². The van der Waals surface area contributed by atoms with Crippen LogP contribution >= 0.6 is 0 Å². The Morgan fingerprint density at radius 2 is 1.56 bits per heavy atom. The minimum Gasteiger partial charge on any atom is -0.507 e. The number of carbonyl (C=O) groups excluding carboxylic acids is 1. The number of amides is 1. The predicted octanol–water partition coefficient (Wildman–Crippen LogP) is 4.13. The summed E-state index contributed by atoms with van der Waals surface area (Å²) in [6.07, 6.45) is 3.25.